The summed E-state index contributed by atoms with van der Waals surface area (Å²) in [5.74, 6) is 2.21. The normalized spacial score (nSPS) is 11.2. The van der Waals surface area contributed by atoms with Gasteiger partial charge in [-0.1, -0.05) is 109 Å². The second-order valence-electron chi connectivity index (χ2n) is 10.7. The number of hydrogen-bond donors (Lipinski definition) is 0. The van der Waals surface area contributed by atoms with E-state index in [1.807, 2.05) is 36.5 Å². The van der Waals surface area contributed by atoms with Crippen LogP contribution in [0.1, 0.15) is 0 Å². The van der Waals surface area contributed by atoms with Gasteiger partial charge in [0.15, 0.2) is 0 Å². The molecule has 0 unspecified atom stereocenters. The summed E-state index contributed by atoms with van der Waals surface area (Å²) in [6.07, 6.45) is 3.66. The third-order valence-electron chi connectivity index (χ3n) is 7.99. The van der Waals surface area contributed by atoms with Crippen LogP contribution in [0.2, 0.25) is 0 Å². The topological polar surface area (TPSA) is 39.9 Å². The van der Waals surface area contributed by atoms with Crippen molar-refractivity contribution in [3.63, 3.8) is 0 Å². The monoisotopic (exact) mass is 565 g/mol. The van der Waals surface area contributed by atoms with E-state index in [-0.39, 0.29) is 0 Å². The standard InChI is InChI=1S/C40H27N3O/c1-3-12-28(13-4-1)33-23-25-42-40(39(33)29-14-5-2-6-15-29)43-36-19-8-7-18-34(36)35-22-21-31(27-37(35)43)30-16-11-17-32(26-30)44-38-20-9-10-24-41-38/h1-27H. The third kappa shape index (κ3) is 4.59. The smallest absolute Gasteiger partial charge is 0.219 e. The van der Waals surface area contributed by atoms with Crippen molar-refractivity contribution in [1.29, 1.82) is 0 Å². The molecule has 0 saturated carbocycles. The summed E-state index contributed by atoms with van der Waals surface area (Å²) in [4.78, 5) is 9.40. The van der Waals surface area contributed by atoms with Crippen molar-refractivity contribution in [2.24, 2.45) is 0 Å². The van der Waals surface area contributed by atoms with Crippen LogP contribution in [0.3, 0.4) is 0 Å². The molecule has 0 spiro atoms. The van der Waals surface area contributed by atoms with Gasteiger partial charge in [-0.05, 0) is 64.2 Å². The zero-order valence-corrected chi connectivity index (χ0v) is 23.8. The van der Waals surface area contributed by atoms with Crippen molar-refractivity contribution in [3.8, 4) is 50.8 Å². The van der Waals surface area contributed by atoms with Gasteiger partial charge >= 0.3 is 0 Å². The molecule has 0 saturated heterocycles. The Morgan fingerprint density at radius 3 is 1.98 bits per heavy atom. The maximum absolute atomic E-state index is 6.06. The van der Waals surface area contributed by atoms with Crippen LogP contribution < -0.4 is 4.74 Å². The van der Waals surface area contributed by atoms with Crippen molar-refractivity contribution in [2.75, 3.05) is 0 Å². The molecule has 3 heterocycles. The van der Waals surface area contributed by atoms with Crippen molar-refractivity contribution in [3.05, 3.63) is 164 Å². The second kappa shape index (κ2) is 11.0. The summed E-state index contributed by atoms with van der Waals surface area (Å²) in [5.41, 5.74) is 8.87. The zero-order chi connectivity index (χ0) is 29.3. The summed E-state index contributed by atoms with van der Waals surface area (Å²) >= 11 is 0. The number of fused-ring (bicyclic) bond motifs is 3. The van der Waals surface area contributed by atoms with Crippen LogP contribution in [0.25, 0.3) is 61.0 Å². The van der Waals surface area contributed by atoms with Gasteiger partial charge in [0.1, 0.15) is 11.6 Å². The number of nitrogens with zero attached hydrogens (tertiary/aromatic N) is 3. The van der Waals surface area contributed by atoms with Crippen molar-refractivity contribution in [1.82, 2.24) is 14.5 Å². The summed E-state index contributed by atoms with van der Waals surface area (Å²) in [6, 6.07) is 52.3. The van der Waals surface area contributed by atoms with Gasteiger partial charge in [-0.25, -0.2) is 9.97 Å². The molecule has 0 aliphatic carbocycles. The molecule has 0 atom stereocenters. The third-order valence-corrected chi connectivity index (χ3v) is 7.99. The molecule has 0 N–H and O–H groups in total. The highest BCUT2D eigenvalue weighted by Crippen LogP contribution is 2.41. The van der Waals surface area contributed by atoms with E-state index in [2.05, 4.69) is 131 Å². The van der Waals surface area contributed by atoms with Crippen LogP contribution in [0.5, 0.6) is 11.6 Å². The molecule has 8 aromatic rings. The predicted molar refractivity (Wildman–Crippen MR) is 179 cm³/mol. The molecule has 5 aromatic carbocycles. The minimum atomic E-state index is 0.568. The second-order valence-corrected chi connectivity index (χ2v) is 10.7. The number of pyridine rings is 2. The van der Waals surface area contributed by atoms with Gasteiger partial charge in [0.25, 0.3) is 0 Å². The van der Waals surface area contributed by atoms with Crippen LogP contribution in [0.4, 0.5) is 0 Å². The minimum absolute atomic E-state index is 0.568. The lowest BCUT2D eigenvalue weighted by molar-refractivity contribution is 0.463. The van der Waals surface area contributed by atoms with Crippen LogP contribution in [-0.4, -0.2) is 14.5 Å². The van der Waals surface area contributed by atoms with E-state index in [0.29, 0.717) is 5.88 Å². The molecule has 8 rings (SSSR count). The number of para-hydroxylation sites is 1. The van der Waals surface area contributed by atoms with Gasteiger partial charge in [0.2, 0.25) is 5.88 Å². The average molecular weight is 566 g/mol. The van der Waals surface area contributed by atoms with Crippen LogP contribution in [-0.2, 0) is 0 Å². The molecule has 3 aromatic heterocycles. The van der Waals surface area contributed by atoms with E-state index in [1.165, 1.54) is 10.8 Å². The Morgan fingerprint density at radius 1 is 0.455 bits per heavy atom. The first-order valence-corrected chi connectivity index (χ1v) is 14.7. The van der Waals surface area contributed by atoms with E-state index in [0.717, 1.165) is 56.0 Å². The molecule has 208 valence electrons. The fraction of sp³-hybridized carbons (Fsp3) is 0. The molecular weight excluding hydrogens is 538 g/mol. The number of benzene rings is 5. The summed E-state index contributed by atoms with van der Waals surface area (Å²) in [7, 11) is 0. The SMILES string of the molecule is c1ccc(-c2ccnc(-n3c4ccccc4c4ccc(-c5cccc(Oc6ccccn6)c5)cc43)c2-c2ccccc2)cc1. The lowest BCUT2D eigenvalue weighted by atomic mass is 9.95. The van der Waals surface area contributed by atoms with Gasteiger partial charge in [-0.2, -0.15) is 0 Å². The number of hydrogen-bond acceptors (Lipinski definition) is 3. The Morgan fingerprint density at radius 2 is 1.16 bits per heavy atom. The molecule has 0 aliphatic heterocycles. The first kappa shape index (κ1) is 25.7. The first-order chi connectivity index (χ1) is 21.8. The minimum Gasteiger partial charge on any atom is -0.439 e. The highest BCUT2D eigenvalue weighted by Gasteiger charge is 2.20. The molecule has 0 radical (unpaired) electrons. The van der Waals surface area contributed by atoms with Gasteiger partial charge in [-0.15, -0.1) is 0 Å². The quantitative estimate of drug-likeness (QED) is 0.201. The molecular formula is C40H27N3O. The van der Waals surface area contributed by atoms with Gasteiger partial charge in [-0.3, -0.25) is 4.57 Å². The lowest BCUT2D eigenvalue weighted by Crippen LogP contribution is -2.02. The number of aromatic nitrogens is 3. The highest BCUT2D eigenvalue weighted by molar-refractivity contribution is 6.11. The first-order valence-electron chi connectivity index (χ1n) is 14.7. The van der Waals surface area contributed by atoms with Gasteiger partial charge < -0.3 is 4.74 Å². The Labute approximate surface area is 255 Å². The molecule has 4 heteroatoms. The fourth-order valence-corrected chi connectivity index (χ4v) is 6.01. The van der Waals surface area contributed by atoms with Crippen LogP contribution >= 0.6 is 0 Å². The van der Waals surface area contributed by atoms with Crippen molar-refractivity contribution < 1.29 is 4.74 Å². The van der Waals surface area contributed by atoms with Crippen LogP contribution in [0.15, 0.2) is 164 Å². The predicted octanol–water partition coefficient (Wildman–Crippen LogP) is 10.4. The van der Waals surface area contributed by atoms with E-state index in [9.17, 15) is 0 Å². The van der Waals surface area contributed by atoms with Crippen molar-refractivity contribution in [2.45, 2.75) is 0 Å². The highest BCUT2D eigenvalue weighted by atomic mass is 16.5. The molecule has 0 amide bonds. The summed E-state index contributed by atoms with van der Waals surface area (Å²) < 4.78 is 8.38. The molecule has 0 bridgehead atoms. The van der Waals surface area contributed by atoms with E-state index >= 15 is 0 Å². The van der Waals surface area contributed by atoms with Gasteiger partial charge in [0, 0.05) is 34.8 Å². The average Bonchev–Trinajstić information content (AvgIpc) is 3.43. The largest absolute Gasteiger partial charge is 0.439 e. The molecule has 44 heavy (non-hydrogen) atoms. The van der Waals surface area contributed by atoms with E-state index in [4.69, 9.17) is 9.72 Å². The number of rotatable bonds is 6. The zero-order valence-electron chi connectivity index (χ0n) is 23.8. The Bertz CT molecular complexity index is 2240. The fourth-order valence-electron chi connectivity index (χ4n) is 6.01. The van der Waals surface area contributed by atoms with Gasteiger partial charge in [0.05, 0.1) is 11.0 Å². The molecule has 4 nitrogen and oxygen atoms in total. The Balaban J connectivity index is 1.36. The lowest BCUT2D eigenvalue weighted by Gasteiger charge is -2.17. The maximum Gasteiger partial charge on any atom is 0.219 e. The maximum atomic E-state index is 6.06. The van der Waals surface area contributed by atoms with E-state index in [1.54, 1.807) is 6.20 Å². The summed E-state index contributed by atoms with van der Waals surface area (Å²) in [5, 5.41) is 2.36. The van der Waals surface area contributed by atoms with Crippen LogP contribution in [0, 0.1) is 0 Å². The van der Waals surface area contributed by atoms with E-state index < -0.39 is 0 Å². The molecule has 0 aliphatic rings. The Hall–Kier alpha value is -6.00. The molecule has 0 fully saturated rings. The van der Waals surface area contributed by atoms with Crippen molar-refractivity contribution >= 4 is 21.8 Å². The number of ether oxygens (including phenoxy) is 1. The summed E-state index contributed by atoms with van der Waals surface area (Å²) in [6.45, 7) is 0. The Kier molecular flexibility index (Phi) is 6.43.